The third-order valence-electron chi connectivity index (χ3n) is 5.77. The predicted octanol–water partition coefficient (Wildman–Crippen LogP) is 5.32. The highest BCUT2D eigenvalue weighted by molar-refractivity contribution is 5.88. The summed E-state index contributed by atoms with van der Waals surface area (Å²) in [7, 11) is 2.01. The van der Waals surface area contributed by atoms with Gasteiger partial charge in [-0.05, 0) is 41.5 Å². The van der Waals surface area contributed by atoms with E-state index in [2.05, 4.69) is 43.8 Å². The van der Waals surface area contributed by atoms with E-state index in [1.54, 1.807) is 4.90 Å². The summed E-state index contributed by atoms with van der Waals surface area (Å²) in [6.07, 6.45) is -1.32. The maximum absolute atomic E-state index is 12.9. The van der Waals surface area contributed by atoms with Gasteiger partial charge in [0.05, 0.1) is 18.8 Å². The number of rotatable bonds is 2. The number of oxazole rings is 1. The van der Waals surface area contributed by atoms with Crippen LogP contribution in [0.2, 0.25) is 0 Å². The number of nitrogens with zero attached hydrogens (tertiary/aromatic N) is 5. The molecule has 9 heteroatoms. The molecule has 0 saturated heterocycles. The second-order valence-corrected chi connectivity index (χ2v) is 7.90. The smallest absolute Gasteiger partial charge is 0.423 e. The molecule has 1 aliphatic heterocycles. The Labute approximate surface area is 179 Å². The standard InChI is InChI=1S/C23H16F3N5O/c1-30-7-6-15-8-13(2-4-19(15)30)14-3-5-20-17(9-14)29-22(32-20)31-11-16-10-27-21(23(24,25)26)28-18(16)12-31/h2-10H,11-12H2,1H3. The molecule has 6 rings (SSSR count). The predicted molar refractivity (Wildman–Crippen MR) is 113 cm³/mol. The van der Waals surface area contributed by atoms with Crippen LogP contribution >= 0.6 is 0 Å². The molecule has 2 aromatic carbocycles. The molecule has 0 aliphatic carbocycles. The molecule has 0 unspecified atom stereocenters. The van der Waals surface area contributed by atoms with Gasteiger partial charge in [0.25, 0.3) is 6.01 Å². The summed E-state index contributed by atoms with van der Waals surface area (Å²) in [5.74, 6) is -1.13. The van der Waals surface area contributed by atoms with Crippen LogP contribution in [-0.2, 0) is 26.3 Å². The van der Waals surface area contributed by atoms with Crippen molar-refractivity contribution in [2.45, 2.75) is 19.3 Å². The van der Waals surface area contributed by atoms with E-state index in [1.165, 1.54) is 6.20 Å². The Morgan fingerprint density at radius 1 is 0.969 bits per heavy atom. The van der Waals surface area contributed by atoms with Crippen LogP contribution in [-0.4, -0.2) is 19.5 Å². The lowest BCUT2D eigenvalue weighted by Crippen LogP contribution is -2.15. The molecule has 0 N–H and O–H groups in total. The van der Waals surface area contributed by atoms with Crippen molar-refractivity contribution in [2.24, 2.45) is 7.05 Å². The van der Waals surface area contributed by atoms with Gasteiger partial charge in [-0.2, -0.15) is 18.2 Å². The first-order valence-corrected chi connectivity index (χ1v) is 9.98. The number of benzene rings is 2. The van der Waals surface area contributed by atoms with Crippen molar-refractivity contribution < 1.29 is 17.6 Å². The van der Waals surface area contributed by atoms with Crippen molar-refractivity contribution in [1.82, 2.24) is 19.5 Å². The SMILES string of the molecule is Cn1ccc2cc(-c3ccc4oc(N5Cc6cnc(C(F)(F)F)nc6C5)nc4c3)ccc21. The molecule has 0 spiro atoms. The summed E-state index contributed by atoms with van der Waals surface area (Å²) in [4.78, 5) is 13.5. The highest BCUT2D eigenvalue weighted by Crippen LogP contribution is 2.33. The summed E-state index contributed by atoms with van der Waals surface area (Å²) < 4.78 is 46.7. The van der Waals surface area contributed by atoms with Crippen LogP contribution in [0.25, 0.3) is 33.1 Å². The number of hydrogen-bond acceptors (Lipinski definition) is 5. The highest BCUT2D eigenvalue weighted by atomic mass is 19.4. The summed E-state index contributed by atoms with van der Waals surface area (Å²) >= 11 is 0. The minimum absolute atomic E-state index is 0.186. The number of anilines is 1. The van der Waals surface area contributed by atoms with E-state index in [0.29, 0.717) is 34.9 Å². The highest BCUT2D eigenvalue weighted by Gasteiger charge is 2.36. The molecule has 1 aliphatic rings. The van der Waals surface area contributed by atoms with Crippen LogP contribution in [0.5, 0.6) is 0 Å². The fourth-order valence-electron chi connectivity index (χ4n) is 4.12. The maximum atomic E-state index is 12.9. The first-order valence-electron chi connectivity index (χ1n) is 9.98. The van der Waals surface area contributed by atoms with Gasteiger partial charge in [0.15, 0.2) is 5.58 Å². The van der Waals surface area contributed by atoms with Gasteiger partial charge in [0, 0.05) is 35.9 Å². The van der Waals surface area contributed by atoms with Gasteiger partial charge in [-0.15, -0.1) is 0 Å². The minimum atomic E-state index is -4.57. The van der Waals surface area contributed by atoms with E-state index < -0.39 is 12.0 Å². The number of alkyl halides is 3. The van der Waals surface area contributed by atoms with Crippen LogP contribution in [0, 0.1) is 0 Å². The molecule has 32 heavy (non-hydrogen) atoms. The number of fused-ring (bicyclic) bond motifs is 3. The third-order valence-corrected chi connectivity index (χ3v) is 5.77. The summed E-state index contributed by atoms with van der Waals surface area (Å²) in [6, 6.07) is 14.5. The molecule has 0 amide bonds. The van der Waals surface area contributed by atoms with Gasteiger partial charge in [-0.3, -0.25) is 0 Å². The monoisotopic (exact) mass is 435 g/mol. The van der Waals surface area contributed by atoms with Gasteiger partial charge in [-0.1, -0.05) is 12.1 Å². The van der Waals surface area contributed by atoms with Crippen molar-refractivity contribution in [1.29, 1.82) is 0 Å². The molecule has 0 saturated carbocycles. The van der Waals surface area contributed by atoms with Crippen molar-refractivity contribution in [3.05, 3.63) is 71.9 Å². The number of aryl methyl sites for hydroxylation is 1. The molecule has 160 valence electrons. The molecular formula is C23H16F3N5O. The average molecular weight is 435 g/mol. The lowest BCUT2D eigenvalue weighted by atomic mass is 10.0. The largest absolute Gasteiger partial charge is 0.451 e. The van der Waals surface area contributed by atoms with Gasteiger partial charge in [-0.25, -0.2) is 9.97 Å². The van der Waals surface area contributed by atoms with Crippen molar-refractivity contribution in [2.75, 3.05) is 4.90 Å². The van der Waals surface area contributed by atoms with E-state index >= 15 is 0 Å². The van der Waals surface area contributed by atoms with Crippen LogP contribution in [0.4, 0.5) is 19.2 Å². The van der Waals surface area contributed by atoms with Gasteiger partial charge >= 0.3 is 6.18 Å². The van der Waals surface area contributed by atoms with Crippen molar-refractivity contribution >= 4 is 28.0 Å². The molecule has 0 bridgehead atoms. The van der Waals surface area contributed by atoms with Gasteiger partial charge < -0.3 is 13.9 Å². The second-order valence-electron chi connectivity index (χ2n) is 7.90. The Balaban J connectivity index is 1.31. The van der Waals surface area contributed by atoms with E-state index in [0.717, 1.165) is 22.0 Å². The lowest BCUT2D eigenvalue weighted by molar-refractivity contribution is -0.145. The Bertz CT molecular complexity index is 1500. The maximum Gasteiger partial charge on any atom is 0.451 e. The first kappa shape index (κ1) is 18.9. The van der Waals surface area contributed by atoms with Gasteiger partial charge in [0.2, 0.25) is 5.82 Å². The minimum Gasteiger partial charge on any atom is -0.423 e. The van der Waals surface area contributed by atoms with Crippen LogP contribution < -0.4 is 4.90 Å². The third kappa shape index (κ3) is 3.00. The molecular weight excluding hydrogens is 419 g/mol. The van der Waals surface area contributed by atoms with E-state index in [-0.39, 0.29) is 6.54 Å². The quantitative estimate of drug-likeness (QED) is 0.376. The average Bonchev–Trinajstić information content (AvgIpc) is 3.48. The van der Waals surface area contributed by atoms with Gasteiger partial charge in [0.1, 0.15) is 5.52 Å². The Morgan fingerprint density at radius 2 is 1.78 bits per heavy atom. The summed E-state index contributed by atoms with van der Waals surface area (Å²) in [5.41, 5.74) is 5.51. The molecule has 4 heterocycles. The van der Waals surface area contributed by atoms with E-state index in [4.69, 9.17) is 4.42 Å². The van der Waals surface area contributed by atoms with E-state index in [1.807, 2.05) is 31.4 Å². The van der Waals surface area contributed by atoms with E-state index in [9.17, 15) is 13.2 Å². The van der Waals surface area contributed by atoms with Crippen LogP contribution in [0.15, 0.2) is 59.3 Å². The first-order chi connectivity index (χ1) is 15.3. The molecule has 5 aromatic rings. The second kappa shape index (κ2) is 6.56. The number of hydrogen-bond donors (Lipinski definition) is 0. The zero-order valence-electron chi connectivity index (χ0n) is 16.9. The molecule has 0 radical (unpaired) electrons. The normalized spacial score (nSPS) is 13.9. The zero-order valence-corrected chi connectivity index (χ0v) is 16.9. The lowest BCUT2D eigenvalue weighted by Gasteiger charge is -2.10. The zero-order chi connectivity index (χ0) is 22.0. The summed E-state index contributed by atoms with van der Waals surface area (Å²) in [6.45, 7) is 0.531. The van der Waals surface area contributed by atoms with Crippen LogP contribution in [0.1, 0.15) is 17.1 Å². The van der Waals surface area contributed by atoms with Crippen molar-refractivity contribution in [3.63, 3.8) is 0 Å². The molecule has 0 fully saturated rings. The topological polar surface area (TPSA) is 60.0 Å². The fraction of sp³-hybridized carbons (Fsp3) is 0.174. The fourth-order valence-corrected chi connectivity index (χ4v) is 4.12. The number of aromatic nitrogens is 4. The van der Waals surface area contributed by atoms with Crippen molar-refractivity contribution in [3.8, 4) is 11.1 Å². The molecule has 0 atom stereocenters. The molecule has 3 aromatic heterocycles. The Hall–Kier alpha value is -3.88. The Kier molecular flexibility index (Phi) is 3.86. The number of halogens is 3. The molecule has 6 nitrogen and oxygen atoms in total. The van der Waals surface area contributed by atoms with Crippen LogP contribution in [0.3, 0.4) is 0 Å². The Morgan fingerprint density at radius 3 is 2.62 bits per heavy atom. The summed E-state index contributed by atoms with van der Waals surface area (Å²) in [5, 5.41) is 1.15.